The van der Waals surface area contributed by atoms with Gasteiger partial charge in [-0.3, -0.25) is 4.79 Å². The van der Waals surface area contributed by atoms with E-state index >= 15 is 0 Å². The largest absolute Gasteiger partial charge is 0.468 e. The summed E-state index contributed by atoms with van der Waals surface area (Å²) in [6, 6.07) is 0. The van der Waals surface area contributed by atoms with Crippen LogP contribution >= 0.6 is 0 Å². The second-order valence-electron chi connectivity index (χ2n) is 4.76. The summed E-state index contributed by atoms with van der Waals surface area (Å²) in [6.07, 6.45) is 5.05. The SMILES string of the molecule is CCC1CCC(O)(CNCC(=O)OC)CC1. The second kappa shape index (κ2) is 6.21. The number of carbonyl (C=O) groups excluding carboxylic acids is 1. The summed E-state index contributed by atoms with van der Waals surface area (Å²) >= 11 is 0. The molecule has 0 heterocycles. The molecule has 4 nitrogen and oxygen atoms in total. The summed E-state index contributed by atoms with van der Waals surface area (Å²) < 4.78 is 4.52. The molecule has 0 aromatic rings. The van der Waals surface area contributed by atoms with Crippen molar-refractivity contribution in [3.05, 3.63) is 0 Å². The maximum Gasteiger partial charge on any atom is 0.319 e. The Balaban J connectivity index is 2.23. The van der Waals surface area contributed by atoms with Crippen molar-refractivity contribution in [3.8, 4) is 0 Å². The fraction of sp³-hybridized carbons (Fsp3) is 0.917. The number of hydrogen-bond donors (Lipinski definition) is 2. The molecule has 2 N–H and O–H groups in total. The quantitative estimate of drug-likeness (QED) is 0.693. The van der Waals surface area contributed by atoms with E-state index in [2.05, 4.69) is 17.0 Å². The van der Waals surface area contributed by atoms with Crippen LogP contribution in [0, 0.1) is 5.92 Å². The molecule has 16 heavy (non-hydrogen) atoms. The predicted octanol–water partition coefficient (Wildman–Crippen LogP) is 1.08. The number of methoxy groups -OCH3 is 1. The Kier molecular flexibility index (Phi) is 5.22. The third-order valence-electron chi connectivity index (χ3n) is 3.56. The molecule has 1 aliphatic carbocycles. The molecule has 0 amide bonds. The van der Waals surface area contributed by atoms with Gasteiger partial charge in [-0.2, -0.15) is 0 Å². The Morgan fingerprint density at radius 2 is 2.12 bits per heavy atom. The first-order valence-corrected chi connectivity index (χ1v) is 6.09. The topological polar surface area (TPSA) is 58.6 Å². The molecule has 4 heteroatoms. The third-order valence-corrected chi connectivity index (χ3v) is 3.56. The molecule has 0 spiro atoms. The van der Waals surface area contributed by atoms with Crippen LogP contribution < -0.4 is 5.32 Å². The Morgan fingerprint density at radius 3 is 2.62 bits per heavy atom. The minimum absolute atomic E-state index is 0.177. The molecule has 0 atom stereocenters. The van der Waals surface area contributed by atoms with E-state index in [1.54, 1.807) is 0 Å². The van der Waals surface area contributed by atoms with Crippen LogP contribution in [-0.2, 0) is 9.53 Å². The molecule has 1 fully saturated rings. The van der Waals surface area contributed by atoms with Gasteiger partial charge >= 0.3 is 5.97 Å². The van der Waals surface area contributed by atoms with Gasteiger partial charge < -0.3 is 15.2 Å². The molecule has 0 unspecified atom stereocenters. The van der Waals surface area contributed by atoms with Crippen molar-refractivity contribution >= 4 is 5.97 Å². The van der Waals surface area contributed by atoms with Gasteiger partial charge in [-0.15, -0.1) is 0 Å². The molecule has 0 bridgehead atoms. The number of esters is 1. The van der Waals surface area contributed by atoms with Crippen LogP contribution in [0.1, 0.15) is 39.0 Å². The van der Waals surface area contributed by atoms with Crippen molar-refractivity contribution < 1.29 is 14.6 Å². The molecule has 1 saturated carbocycles. The van der Waals surface area contributed by atoms with E-state index in [1.807, 2.05) is 0 Å². The van der Waals surface area contributed by atoms with Crippen molar-refractivity contribution in [2.24, 2.45) is 5.92 Å². The summed E-state index contributed by atoms with van der Waals surface area (Å²) in [4.78, 5) is 10.9. The standard InChI is InChI=1S/C12H23NO3/c1-3-10-4-6-12(15,7-5-10)9-13-8-11(14)16-2/h10,13,15H,3-9H2,1-2H3. The second-order valence-corrected chi connectivity index (χ2v) is 4.76. The Morgan fingerprint density at radius 1 is 1.50 bits per heavy atom. The summed E-state index contributed by atoms with van der Waals surface area (Å²) in [5.41, 5.74) is -0.625. The minimum atomic E-state index is -0.625. The first kappa shape index (κ1) is 13.5. The average Bonchev–Trinajstić information content (AvgIpc) is 2.30. The fourth-order valence-electron chi connectivity index (χ4n) is 2.27. The first-order chi connectivity index (χ1) is 7.59. The normalized spacial score (nSPS) is 30.1. The zero-order chi connectivity index (χ0) is 12.0. The van der Waals surface area contributed by atoms with E-state index in [0.717, 1.165) is 31.6 Å². The van der Waals surface area contributed by atoms with Crippen LogP contribution in [0.15, 0.2) is 0 Å². The molecular formula is C12H23NO3. The van der Waals surface area contributed by atoms with E-state index in [9.17, 15) is 9.90 Å². The maximum absolute atomic E-state index is 10.9. The Labute approximate surface area is 97.4 Å². The van der Waals surface area contributed by atoms with Gasteiger partial charge in [0, 0.05) is 6.54 Å². The predicted molar refractivity (Wildman–Crippen MR) is 62.1 cm³/mol. The molecule has 1 aliphatic rings. The van der Waals surface area contributed by atoms with Crippen molar-refractivity contribution in [3.63, 3.8) is 0 Å². The fourth-order valence-corrected chi connectivity index (χ4v) is 2.27. The summed E-state index contributed by atoms with van der Waals surface area (Å²) in [7, 11) is 1.37. The summed E-state index contributed by atoms with van der Waals surface area (Å²) in [6.45, 7) is 2.86. The zero-order valence-electron chi connectivity index (χ0n) is 10.3. The van der Waals surface area contributed by atoms with Crippen LogP contribution in [0.4, 0.5) is 0 Å². The molecule has 0 saturated heterocycles. The van der Waals surface area contributed by atoms with Crippen LogP contribution in [0.3, 0.4) is 0 Å². The minimum Gasteiger partial charge on any atom is -0.468 e. The van der Waals surface area contributed by atoms with Crippen LogP contribution in [0.25, 0.3) is 0 Å². The lowest BCUT2D eigenvalue weighted by Gasteiger charge is -2.35. The van der Waals surface area contributed by atoms with Crippen molar-refractivity contribution in [2.75, 3.05) is 20.2 Å². The van der Waals surface area contributed by atoms with Gasteiger partial charge in [0.15, 0.2) is 0 Å². The Bertz CT molecular complexity index is 222. The van der Waals surface area contributed by atoms with Crippen LogP contribution in [0.5, 0.6) is 0 Å². The number of hydrogen-bond acceptors (Lipinski definition) is 4. The van der Waals surface area contributed by atoms with Gasteiger partial charge in [0.25, 0.3) is 0 Å². The van der Waals surface area contributed by atoms with Gasteiger partial charge in [-0.05, 0) is 31.6 Å². The van der Waals surface area contributed by atoms with Crippen molar-refractivity contribution in [1.29, 1.82) is 0 Å². The third kappa shape index (κ3) is 4.10. The highest BCUT2D eigenvalue weighted by Crippen LogP contribution is 2.33. The van der Waals surface area contributed by atoms with Crippen molar-refractivity contribution in [1.82, 2.24) is 5.32 Å². The molecule has 0 radical (unpaired) electrons. The molecular weight excluding hydrogens is 206 g/mol. The lowest BCUT2D eigenvalue weighted by molar-refractivity contribution is -0.139. The van der Waals surface area contributed by atoms with Gasteiger partial charge in [0.2, 0.25) is 0 Å². The number of ether oxygens (including phenoxy) is 1. The van der Waals surface area contributed by atoms with E-state index in [1.165, 1.54) is 13.5 Å². The number of aliphatic hydroxyl groups is 1. The van der Waals surface area contributed by atoms with E-state index in [-0.39, 0.29) is 12.5 Å². The lowest BCUT2D eigenvalue weighted by atomic mass is 9.78. The van der Waals surface area contributed by atoms with Gasteiger partial charge in [-0.1, -0.05) is 13.3 Å². The number of carbonyl (C=O) groups is 1. The molecule has 1 rings (SSSR count). The number of rotatable bonds is 5. The Hall–Kier alpha value is -0.610. The highest BCUT2D eigenvalue weighted by atomic mass is 16.5. The smallest absolute Gasteiger partial charge is 0.319 e. The van der Waals surface area contributed by atoms with E-state index in [4.69, 9.17) is 0 Å². The van der Waals surface area contributed by atoms with Gasteiger partial charge in [0.05, 0.1) is 19.3 Å². The lowest BCUT2D eigenvalue weighted by Crippen LogP contribution is -2.44. The van der Waals surface area contributed by atoms with Crippen LogP contribution in [0.2, 0.25) is 0 Å². The van der Waals surface area contributed by atoms with Crippen LogP contribution in [-0.4, -0.2) is 36.9 Å². The van der Waals surface area contributed by atoms with Gasteiger partial charge in [-0.25, -0.2) is 0 Å². The van der Waals surface area contributed by atoms with Gasteiger partial charge in [0.1, 0.15) is 0 Å². The average molecular weight is 229 g/mol. The molecule has 0 aromatic carbocycles. The molecule has 0 aromatic heterocycles. The maximum atomic E-state index is 10.9. The van der Waals surface area contributed by atoms with E-state index < -0.39 is 5.60 Å². The first-order valence-electron chi connectivity index (χ1n) is 6.09. The highest BCUT2D eigenvalue weighted by molar-refractivity contribution is 5.71. The van der Waals surface area contributed by atoms with Crippen molar-refractivity contribution in [2.45, 2.75) is 44.6 Å². The van der Waals surface area contributed by atoms with E-state index in [0.29, 0.717) is 6.54 Å². The molecule has 0 aliphatic heterocycles. The summed E-state index contributed by atoms with van der Waals surface area (Å²) in [5.74, 6) is 0.478. The highest BCUT2D eigenvalue weighted by Gasteiger charge is 2.32. The zero-order valence-corrected chi connectivity index (χ0v) is 10.3. The molecule has 94 valence electrons. The number of nitrogens with one attached hydrogen (secondary N) is 1. The summed E-state index contributed by atoms with van der Waals surface area (Å²) in [5, 5.41) is 13.2. The monoisotopic (exact) mass is 229 g/mol.